The number of fused-ring (bicyclic) bond motifs is 1. The van der Waals surface area contributed by atoms with E-state index in [0.717, 1.165) is 16.5 Å². The molecule has 1 N–H and O–H groups in total. The fourth-order valence-corrected chi connectivity index (χ4v) is 1.97. The van der Waals surface area contributed by atoms with Crippen molar-refractivity contribution < 1.29 is 17.9 Å². The molecule has 0 aliphatic heterocycles. The maximum atomic E-state index is 12.2. The first-order chi connectivity index (χ1) is 11.0. The summed E-state index contributed by atoms with van der Waals surface area (Å²) in [5, 5.41) is 0.720. The van der Waals surface area contributed by atoms with Crippen molar-refractivity contribution in [1.82, 2.24) is 4.98 Å². The molecule has 3 nitrogen and oxygen atoms in total. The number of hydrogen-bond acceptors (Lipinski definition) is 2. The molecule has 0 saturated heterocycles. The van der Waals surface area contributed by atoms with Gasteiger partial charge in [-0.3, -0.25) is 4.99 Å². The van der Waals surface area contributed by atoms with Crippen molar-refractivity contribution in [1.29, 1.82) is 0 Å². The van der Waals surface area contributed by atoms with Gasteiger partial charge >= 0.3 is 6.36 Å². The zero-order chi connectivity index (χ0) is 17.3. The minimum absolute atomic E-state index is 0.215. The topological polar surface area (TPSA) is 37.4 Å². The second kappa shape index (κ2) is 8.82. The number of H-pyrrole nitrogens is 1. The Kier molecular flexibility index (Phi) is 7.12. The van der Waals surface area contributed by atoms with Crippen LogP contribution in [0.5, 0.6) is 5.75 Å². The summed E-state index contributed by atoms with van der Waals surface area (Å²) in [5.41, 5.74) is 1.69. The molecule has 1 heterocycles. The van der Waals surface area contributed by atoms with Crippen molar-refractivity contribution >= 4 is 17.1 Å². The molecule has 6 heteroatoms. The van der Waals surface area contributed by atoms with Gasteiger partial charge in [-0.2, -0.15) is 0 Å². The number of aliphatic imine (C=N–C) groups is 1. The molecule has 0 saturated carbocycles. The van der Waals surface area contributed by atoms with Crippen LogP contribution in [-0.4, -0.2) is 24.1 Å². The third-order valence-corrected chi connectivity index (χ3v) is 2.87. The highest BCUT2D eigenvalue weighted by molar-refractivity contribution is 5.84. The number of nitrogens with zero attached hydrogens (tertiary/aromatic N) is 1. The van der Waals surface area contributed by atoms with Crippen LogP contribution in [0.4, 0.5) is 13.2 Å². The predicted molar refractivity (Wildman–Crippen MR) is 88.1 cm³/mol. The summed E-state index contributed by atoms with van der Waals surface area (Å²) in [6.07, 6.45) is 3.14. The molecule has 0 bridgehead atoms. The number of ether oxygens (including phenoxy) is 1. The van der Waals surface area contributed by atoms with E-state index in [1.165, 1.54) is 12.1 Å². The van der Waals surface area contributed by atoms with Crippen LogP contribution in [-0.2, 0) is 6.42 Å². The summed E-state index contributed by atoms with van der Waals surface area (Å²) < 4.78 is 40.6. The Balaban J connectivity index is 0.00000127. The van der Waals surface area contributed by atoms with Crippen molar-refractivity contribution in [3.63, 3.8) is 0 Å². The van der Waals surface area contributed by atoms with Gasteiger partial charge in [0, 0.05) is 29.9 Å². The fraction of sp³-hybridized carbons (Fsp3) is 0.235. The van der Waals surface area contributed by atoms with E-state index in [0.29, 0.717) is 13.0 Å². The molecule has 0 aliphatic carbocycles. The lowest BCUT2D eigenvalue weighted by atomic mass is 10.1. The molecule has 0 radical (unpaired) electrons. The van der Waals surface area contributed by atoms with Crippen LogP contribution in [0.25, 0.3) is 10.9 Å². The lowest BCUT2D eigenvalue weighted by Crippen LogP contribution is -2.16. The Labute approximate surface area is 133 Å². The van der Waals surface area contributed by atoms with Crippen LogP contribution in [0.3, 0.4) is 0 Å². The van der Waals surface area contributed by atoms with E-state index in [1.807, 2.05) is 19.1 Å². The Morgan fingerprint density at radius 3 is 2.70 bits per heavy atom. The van der Waals surface area contributed by atoms with Crippen molar-refractivity contribution in [3.8, 4) is 5.75 Å². The van der Waals surface area contributed by atoms with Gasteiger partial charge in [0.05, 0.1) is 0 Å². The summed E-state index contributed by atoms with van der Waals surface area (Å²) in [4.78, 5) is 7.22. The highest BCUT2D eigenvalue weighted by atomic mass is 19.4. The molecular weight excluding hydrogens is 305 g/mol. The van der Waals surface area contributed by atoms with Gasteiger partial charge in [0.1, 0.15) is 5.75 Å². The molecule has 0 atom stereocenters. The van der Waals surface area contributed by atoms with E-state index in [4.69, 9.17) is 0 Å². The highest BCUT2D eigenvalue weighted by Gasteiger charge is 2.31. The largest absolute Gasteiger partial charge is 0.573 e. The Hall–Kier alpha value is -2.50. The first-order valence-electron chi connectivity index (χ1n) is 6.96. The first kappa shape index (κ1) is 18.5. The van der Waals surface area contributed by atoms with Crippen LogP contribution >= 0.6 is 0 Å². The Bertz CT molecular complexity index is 672. The van der Waals surface area contributed by atoms with E-state index >= 15 is 0 Å². The molecule has 2 aromatic rings. The number of nitrogens with one attached hydrogen (secondary N) is 1. The van der Waals surface area contributed by atoms with Crippen molar-refractivity contribution in [2.45, 2.75) is 19.7 Å². The Morgan fingerprint density at radius 1 is 1.30 bits per heavy atom. The summed E-state index contributed by atoms with van der Waals surface area (Å²) in [7, 11) is 0. The molecule has 1 aromatic heterocycles. The lowest BCUT2D eigenvalue weighted by Gasteiger charge is -2.08. The van der Waals surface area contributed by atoms with Gasteiger partial charge in [-0.15, -0.1) is 26.3 Å². The number of aromatic amines is 1. The quantitative estimate of drug-likeness (QED) is 0.606. The third kappa shape index (κ3) is 6.02. The zero-order valence-electron chi connectivity index (χ0n) is 12.9. The number of hydrogen-bond donors (Lipinski definition) is 1. The summed E-state index contributed by atoms with van der Waals surface area (Å²) in [5.74, 6) is -0.215. The summed E-state index contributed by atoms with van der Waals surface area (Å²) >= 11 is 0. The predicted octanol–water partition coefficient (Wildman–Crippen LogP) is 5.06. The van der Waals surface area contributed by atoms with Gasteiger partial charge in [-0.05, 0) is 43.2 Å². The second-order valence-corrected chi connectivity index (χ2v) is 4.40. The van der Waals surface area contributed by atoms with Crippen LogP contribution in [0.1, 0.15) is 12.5 Å². The highest BCUT2D eigenvalue weighted by Crippen LogP contribution is 2.28. The summed E-state index contributed by atoms with van der Waals surface area (Å²) in [6, 6.07) is 4.26. The Morgan fingerprint density at radius 2 is 2.04 bits per heavy atom. The van der Waals surface area contributed by atoms with Gasteiger partial charge in [-0.1, -0.05) is 6.08 Å². The maximum absolute atomic E-state index is 12.2. The van der Waals surface area contributed by atoms with E-state index in [2.05, 4.69) is 27.9 Å². The molecule has 23 heavy (non-hydrogen) atoms. The standard InChI is InChI=1S/C15H15F3N2O.C2H4/c1-2-3-7-19-8-6-11-10-20-14-5-4-12(9-13(11)14)21-15(16,17)18;1-2/h2-5,7,9-10,20H,6,8H2,1H3;1-2H2/b3-2-,19-7?;. The average Bonchev–Trinajstić information content (AvgIpc) is 2.90. The summed E-state index contributed by atoms with van der Waals surface area (Å²) in [6.45, 7) is 8.47. The molecule has 124 valence electrons. The number of halogens is 3. The van der Waals surface area contributed by atoms with Crippen LogP contribution in [0, 0.1) is 0 Å². The molecule has 1 aromatic carbocycles. The van der Waals surface area contributed by atoms with Gasteiger partial charge in [0.25, 0.3) is 0 Å². The van der Waals surface area contributed by atoms with E-state index in [-0.39, 0.29) is 5.75 Å². The van der Waals surface area contributed by atoms with Gasteiger partial charge < -0.3 is 9.72 Å². The molecule has 2 rings (SSSR count). The smallest absolute Gasteiger partial charge is 0.406 e. The number of rotatable bonds is 5. The number of allylic oxidation sites excluding steroid dienone is 2. The molecule has 0 fully saturated rings. The molecule has 0 unspecified atom stereocenters. The van der Waals surface area contributed by atoms with E-state index in [1.54, 1.807) is 18.5 Å². The van der Waals surface area contributed by atoms with Crippen molar-refractivity contribution in [3.05, 3.63) is 55.3 Å². The van der Waals surface area contributed by atoms with Gasteiger partial charge in [0.15, 0.2) is 0 Å². The second-order valence-electron chi connectivity index (χ2n) is 4.40. The number of benzene rings is 1. The number of aromatic nitrogens is 1. The lowest BCUT2D eigenvalue weighted by molar-refractivity contribution is -0.274. The van der Waals surface area contributed by atoms with Crippen LogP contribution < -0.4 is 4.74 Å². The van der Waals surface area contributed by atoms with E-state index in [9.17, 15) is 13.2 Å². The third-order valence-electron chi connectivity index (χ3n) is 2.87. The number of alkyl halides is 3. The first-order valence-corrected chi connectivity index (χ1v) is 6.96. The van der Waals surface area contributed by atoms with E-state index < -0.39 is 6.36 Å². The molecule has 0 aliphatic rings. The zero-order valence-corrected chi connectivity index (χ0v) is 12.9. The van der Waals surface area contributed by atoms with Crippen LogP contribution in [0.15, 0.2) is 54.7 Å². The molecular formula is C17H19F3N2O. The van der Waals surface area contributed by atoms with Gasteiger partial charge in [0.2, 0.25) is 0 Å². The average molecular weight is 324 g/mol. The molecule has 0 spiro atoms. The maximum Gasteiger partial charge on any atom is 0.573 e. The van der Waals surface area contributed by atoms with Gasteiger partial charge in [-0.25, -0.2) is 0 Å². The minimum atomic E-state index is -4.68. The fourth-order valence-electron chi connectivity index (χ4n) is 1.97. The minimum Gasteiger partial charge on any atom is -0.406 e. The van der Waals surface area contributed by atoms with Crippen molar-refractivity contribution in [2.24, 2.45) is 4.99 Å². The van der Waals surface area contributed by atoms with Crippen molar-refractivity contribution in [2.75, 3.05) is 6.54 Å². The SMILES string of the molecule is C/C=C\C=NCCc1c[nH]c2ccc(OC(F)(F)F)cc12.C=C. The molecule has 0 amide bonds. The monoisotopic (exact) mass is 324 g/mol. The van der Waals surface area contributed by atoms with Crippen LogP contribution in [0.2, 0.25) is 0 Å². The normalized spacial score (nSPS) is 11.8.